The van der Waals surface area contributed by atoms with E-state index in [-0.39, 0.29) is 0 Å². The number of hydrogen-bond donors (Lipinski definition) is 0. The number of hydrogen-bond acceptors (Lipinski definition) is 4. The highest BCUT2D eigenvalue weighted by Gasteiger charge is 1.96. The molecule has 1 aromatic rings. The third-order valence-electron chi connectivity index (χ3n) is 1.17. The van der Waals surface area contributed by atoms with Gasteiger partial charge in [-0.2, -0.15) is 4.98 Å². The lowest BCUT2D eigenvalue weighted by Gasteiger charge is -1.97. The number of methoxy groups -OCH3 is 1. The van der Waals surface area contributed by atoms with Crippen LogP contribution in [-0.2, 0) is 11.2 Å². The zero-order valence-electron chi connectivity index (χ0n) is 6.15. The van der Waals surface area contributed by atoms with Crippen LogP contribution < -0.4 is 4.74 Å². The number of aromatic nitrogens is 2. The molecule has 0 fully saturated rings. The molecule has 0 amide bonds. The van der Waals surface area contributed by atoms with Crippen molar-refractivity contribution in [1.29, 1.82) is 0 Å². The van der Waals surface area contributed by atoms with Crippen LogP contribution in [0.25, 0.3) is 0 Å². The third kappa shape index (κ3) is 2.00. The molecule has 0 atom stereocenters. The van der Waals surface area contributed by atoms with Crippen LogP contribution in [0.2, 0.25) is 0 Å². The van der Waals surface area contributed by atoms with Crippen LogP contribution in [0.1, 0.15) is 5.69 Å². The van der Waals surface area contributed by atoms with Crippen molar-refractivity contribution < 1.29 is 9.53 Å². The minimum atomic E-state index is 0.296. The van der Waals surface area contributed by atoms with Crippen molar-refractivity contribution in [2.45, 2.75) is 6.42 Å². The minimum absolute atomic E-state index is 0.296. The van der Waals surface area contributed by atoms with E-state index >= 15 is 0 Å². The highest BCUT2D eigenvalue weighted by atomic mass is 16.5. The van der Waals surface area contributed by atoms with Gasteiger partial charge < -0.3 is 9.53 Å². The molecular formula is C7H8N2O2. The first-order chi connectivity index (χ1) is 5.36. The lowest BCUT2D eigenvalue weighted by atomic mass is 10.3. The fraction of sp³-hybridized carbons (Fsp3) is 0.286. The largest absolute Gasteiger partial charge is 0.467 e. The summed E-state index contributed by atoms with van der Waals surface area (Å²) in [6.45, 7) is 0. The van der Waals surface area contributed by atoms with Crippen LogP contribution in [0.15, 0.2) is 12.3 Å². The van der Waals surface area contributed by atoms with Gasteiger partial charge in [0.2, 0.25) is 0 Å². The second-order valence-corrected chi connectivity index (χ2v) is 1.91. The van der Waals surface area contributed by atoms with Crippen molar-refractivity contribution >= 4 is 6.29 Å². The number of carbonyl (C=O) groups is 1. The summed E-state index contributed by atoms with van der Waals surface area (Å²) < 4.78 is 4.76. The van der Waals surface area contributed by atoms with Gasteiger partial charge in [-0.15, -0.1) is 0 Å². The zero-order chi connectivity index (χ0) is 8.10. The molecule has 0 unspecified atom stereocenters. The van der Waals surface area contributed by atoms with Gasteiger partial charge in [-0.25, -0.2) is 4.98 Å². The SMILES string of the molecule is COc1nccc(CC=O)n1. The predicted molar refractivity (Wildman–Crippen MR) is 38.4 cm³/mol. The quantitative estimate of drug-likeness (QED) is 0.581. The number of nitrogens with zero attached hydrogens (tertiary/aromatic N) is 2. The molecule has 11 heavy (non-hydrogen) atoms. The summed E-state index contributed by atoms with van der Waals surface area (Å²) in [6, 6.07) is 1.97. The van der Waals surface area contributed by atoms with Crippen molar-refractivity contribution in [1.82, 2.24) is 9.97 Å². The lowest BCUT2D eigenvalue weighted by Crippen LogP contribution is -1.96. The molecule has 1 rings (SSSR count). The molecule has 0 aliphatic heterocycles. The van der Waals surface area contributed by atoms with E-state index in [9.17, 15) is 4.79 Å². The Balaban J connectivity index is 2.82. The molecule has 4 heteroatoms. The van der Waals surface area contributed by atoms with E-state index in [0.29, 0.717) is 18.1 Å². The first-order valence-electron chi connectivity index (χ1n) is 3.16. The van der Waals surface area contributed by atoms with E-state index in [1.807, 2.05) is 0 Å². The molecule has 0 aliphatic carbocycles. The molecule has 0 aromatic carbocycles. The highest BCUT2D eigenvalue weighted by Crippen LogP contribution is 2.00. The summed E-state index contributed by atoms with van der Waals surface area (Å²) >= 11 is 0. The van der Waals surface area contributed by atoms with Gasteiger partial charge in [0.25, 0.3) is 0 Å². The first-order valence-corrected chi connectivity index (χ1v) is 3.16. The number of rotatable bonds is 3. The molecule has 0 bridgehead atoms. The fourth-order valence-corrected chi connectivity index (χ4v) is 0.673. The highest BCUT2D eigenvalue weighted by molar-refractivity contribution is 5.53. The summed E-state index contributed by atoms with van der Waals surface area (Å²) in [5.74, 6) is 0. The van der Waals surface area contributed by atoms with Gasteiger partial charge in [0, 0.05) is 12.6 Å². The molecule has 0 spiro atoms. The van der Waals surface area contributed by atoms with Gasteiger partial charge in [0.1, 0.15) is 6.29 Å². The molecule has 0 saturated heterocycles. The molecule has 0 aliphatic rings. The summed E-state index contributed by atoms with van der Waals surface area (Å²) in [5.41, 5.74) is 0.673. The van der Waals surface area contributed by atoms with E-state index in [1.165, 1.54) is 7.11 Å². The Morgan fingerprint density at radius 3 is 3.18 bits per heavy atom. The number of aldehydes is 1. The standard InChI is InChI=1S/C7H8N2O2/c1-11-7-8-4-2-6(9-7)3-5-10/h2,4-5H,3H2,1H3. The zero-order valence-corrected chi connectivity index (χ0v) is 6.15. The van der Waals surface area contributed by atoms with Crippen LogP contribution in [0.3, 0.4) is 0 Å². The normalized spacial score (nSPS) is 9.18. The third-order valence-corrected chi connectivity index (χ3v) is 1.17. The van der Waals surface area contributed by atoms with Gasteiger partial charge in [0.15, 0.2) is 0 Å². The van der Waals surface area contributed by atoms with Gasteiger partial charge in [-0.1, -0.05) is 0 Å². The Bertz CT molecular complexity index is 250. The summed E-state index contributed by atoms with van der Waals surface area (Å²) in [5, 5.41) is 0. The summed E-state index contributed by atoms with van der Waals surface area (Å²) in [4.78, 5) is 17.8. The van der Waals surface area contributed by atoms with Crippen LogP contribution in [0.4, 0.5) is 0 Å². The maximum Gasteiger partial charge on any atom is 0.316 e. The Labute approximate surface area is 64.2 Å². The molecule has 1 aromatic heterocycles. The Kier molecular flexibility index (Phi) is 2.54. The topological polar surface area (TPSA) is 52.1 Å². The molecular weight excluding hydrogens is 144 g/mol. The summed E-state index contributed by atoms with van der Waals surface area (Å²) in [6.07, 6.45) is 2.66. The lowest BCUT2D eigenvalue weighted by molar-refractivity contribution is -0.107. The maximum atomic E-state index is 10.1. The Morgan fingerprint density at radius 2 is 2.55 bits per heavy atom. The second-order valence-electron chi connectivity index (χ2n) is 1.91. The maximum absolute atomic E-state index is 10.1. The van der Waals surface area contributed by atoms with Crippen LogP contribution in [-0.4, -0.2) is 23.4 Å². The van der Waals surface area contributed by atoms with Gasteiger partial charge in [-0.05, 0) is 6.07 Å². The molecule has 0 saturated carbocycles. The van der Waals surface area contributed by atoms with Gasteiger partial charge in [-0.3, -0.25) is 0 Å². The van der Waals surface area contributed by atoms with Crippen molar-refractivity contribution in [3.8, 4) is 6.01 Å². The van der Waals surface area contributed by atoms with Crippen LogP contribution in [0, 0.1) is 0 Å². The van der Waals surface area contributed by atoms with Crippen LogP contribution >= 0.6 is 0 Å². The average Bonchev–Trinajstić information content (AvgIpc) is 2.06. The van der Waals surface area contributed by atoms with Crippen molar-refractivity contribution in [3.05, 3.63) is 18.0 Å². The van der Waals surface area contributed by atoms with Crippen molar-refractivity contribution in [3.63, 3.8) is 0 Å². The predicted octanol–water partition coefficient (Wildman–Crippen LogP) is 0.227. The van der Waals surface area contributed by atoms with E-state index in [1.54, 1.807) is 12.3 Å². The van der Waals surface area contributed by atoms with E-state index in [0.717, 1.165) is 6.29 Å². The van der Waals surface area contributed by atoms with Crippen LogP contribution in [0.5, 0.6) is 6.01 Å². The summed E-state index contributed by atoms with van der Waals surface area (Å²) in [7, 11) is 1.49. The molecule has 4 nitrogen and oxygen atoms in total. The minimum Gasteiger partial charge on any atom is -0.467 e. The van der Waals surface area contributed by atoms with E-state index < -0.39 is 0 Å². The van der Waals surface area contributed by atoms with Crippen molar-refractivity contribution in [2.24, 2.45) is 0 Å². The van der Waals surface area contributed by atoms with E-state index in [2.05, 4.69) is 9.97 Å². The fourth-order valence-electron chi connectivity index (χ4n) is 0.673. The average molecular weight is 152 g/mol. The van der Waals surface area contributed by atoms with E-state index in [4.69, 9.17) is 4.74 Å². The Hall–Kier alpha value is -1.45. The monoisotopic (exact) mass is 152 g/mol. The second kappa shape index (κ2) is 3.65. The van der Waals surface area contributed by atoms with Gasteiger partial charge >= 0.3 is 6.01 Å². The molecule has 1 heterocycles. The van der Waals surface area contributed by atoms with Crippen molar-refractivity contribution in [2.75, 3.05) is 7.11 Å². The Morgan fingerprint density at radius 1 is 1.73 bits per heavy atom. The molecule has 0 radical (unpaired) electrons. The smallest absolute Gasteiger partial charge is 0.316 e. The van der Waals surface area contributed by atoms with Gasteiger partial charge in [0.05, 0.1) is 12.8 Å². The number of ether oxygens (including phenoxy) is 1. The number of carbonyl (C=O) groups excluding carboxylic acids is 1. The molecule has 58 valence electrons. The molecule has 0 N–H and O–H groups in total. The first kappa shape index (κ1) is 7.65.